The SMILES string of the molecule is COc1cc(/C=N\NC(=O)CSc2ncccn2)cc(Br)c1OCc1ccccc1Cl. The summed E-state index contributed by atoms with van der Waals surface area (Å²) < 4.78 is 12.0. The van der Waals surface area contributed by atoms with Crippen molar-refractivity contribution in [2.45, 2.75) is 11.8 Å². The van der Waals surface area contributed by atoms with Crippen molar-refractivity contribution in [1.29, 1.82) is 0 Å². The van der Waals surface area contributed by atoms with Gasteiger partial charge in [0.05, 0.1) is 23.5 Å². The van der Waals surface area contributed by atoms with Crippen LogP contribution in [0.3, 0.4) is 0 Å². The Morgan fingerprint density at radius 2 is 2.03 bits per heavy atom. The highest BCUT2D eigenvalue weighted by Gasteiger charge is 2.12. The van der Waals surface area contributed by atoms with Crippen LogP contribution < -0.4 is 14.9 Å². The summed E-state index contributed by atoms with van der Waals surface area (Å²) in [6, 6.07) is 12.8. The highest BCUT2D eigenvalue weighted by molar-refractivity contribution is 9.10. The van der Waals surface area contributed by atoms with Gasteiger partial charge in [-0.2, -0.15) is 5.10 Å². The lowest BCUT2D eigenvalue weighted by molar-refractivity contribution is -0.118. The van der Waals surface area contributed by atoms with Gasteiger partial charge in [0, 0.05) is 23.0 Å². The van der Waals surface area contributed by atoms with E-state index in [1.54, 1.807) is 31.6 Å². The molecule has 1 amide bonds. The molecule has 0 radical (unpaired) electrons. The zero-order valence-electron chi connectivity index (χ0n) is 16.4. The number of nitrogens with one attached hydrogen (secondary N) is 1. The molecule has 10 heteroatoms. The number of ether oxygens (including phenoxy) is 2. The van der Waals surface area contributed by atoms with Gasteiger partial charge in [-0.1, -0.05) is 41.6 Å². The van der Waals surface area contributed by atoms with Gasteiger partial charge in [0.15, 0.2) is 16.7 Å². The number of hydrazone groups is 1. The fourth-order valence-electron chi connectivity index (χ4n) is 2.42. The maximum absolute atomic E-state index is 11.9. The highest BCUT2D eigenvalue weighted by atomic mass is 79.9. The lowest BCUT2D eigenvalue weighted by Crippen LogP contribution is -2.19. The fraction of sp³-hybridized carbons (Fsp3) is 0.143. The second-order valence-electron chi connectivity index (χ2n) is 6.03. The maximum Gasteiger partial charge on any atom is 0.250 e. The van der Waals surface area contributed by atoms with Gasteiger partial charge in [-0.15, -0.1) is 0 Å². The molecule has 0 saturated heterocycles. The average Bonchev–Trinajstić information content (AvgIpc) is 2.78. The summed E-state index contributed by atoms with van der Waals surface area (Å²) in [4.78, 5) is 20.0. The minimum atomic E-state index is -0.264. The number of benzene rings is 2. The Bertz CT molecular complexity index is 1070. The van der Waals surface area contributed by atoms with Gasteiger partial charge in [-0.25, -0.2) is 15.4 Å². The van der Waals surface area contributed by atoms with Gasteiger partial charge in [0.1, 0.15) is 6.61 Å². The van der Waals surface area contributed by atoms with Gasteiger partial charge < -0.3 is 9.47 Å². The smallest absolute Gasteiger partial charge is 0.250 e. The van der Waals surface area contributed by atoms with Crippen molar-refractivity contribution < 1.29 is 14.3 Å². The van der Waals surface area contributed by atoms with Crippen molar-refractivity contribution in [3.05, 3.63) is 75.5 Å². The molecule has 2 aromatic carbocycles. The molecule has 0 aliphatic heterocycles. The van der Waals surface area contributed by atoms with Crippen LogP contribution in [0.5, 0.6) is 11.5 Å². The van der Waals surface area contributed by atoms with Crippen LogP contribution in [-0.4, -0.2) is 35.0 Å². The number of rotatable bonds is 9. The first-order chi connectivity index (χ1) is 15.1. The van der Waals surface area contributed by atoms with Crippen LogP contribution in [-0.2, 0) is 11.4 Å². The van der Waals surface area contributed by atoms with Crippen molar-refractivity contribution >= 4 is 51.4 Å². The van der Waals surface area contributed by atoms with Gasteiger partial charge in [0.25, 0.3) is 5.91 Å². The fourth-order valence-corrected chi connectivity index (χ4v) is 3.78. The van der Waals surface area contributed by atoms with Crippen LogP contribution in [0.2, 0.25) is 5.02 Å². The van der Waals surface area contributed by atoms with E-state index in [-0.39, 0.29) is 11.7 Å². The number of halogens is 2. The Hall–Kier alpha value is -2.62. The van der Waals surface area contributed by atoms with Crippen LogP contribution in [0.15, 0.2) is 69.6 Å². The molecule has 7 nitrogen and oxygen atoms in total. The van der Waals surface area contributed by atoms with E-state index in [4.69, 9.17) is 21.1 Å². The van der Waals surface area contributed by atoms with Crippen LogP contribution in [0, 0.1) is 0 Å². The van der Waals surface area contributed by atoms with E-state index < -0.39 is 0 Å². The normalized spacial score (nSPS) is 10.8. The van der Waals surface area contributed by atoms with E-state index in [2.05, 4.69) is 36.4 Å². The third-order valence-electron chi connectivity index (χ3n) is 3.86. The van der Waals surface area contributed by atoms with E-state index in [9.17, 15) is 4.79 Å². The molecule has 1 N–H and O–H groups in total. The molecule has 0 saturated carbocycles. The molecule has 0 atom stereocenters. The molecule has 0 fully saturated rings. The van der Waals surface area contributed by atoms with Crippen molar-refractivity contribution in [2.75, 3.05) is 12.9 Å². The third-order valence-corrected chi connectivity index (χ3v) is 5.69. The number of hydrogen-bond donors (Lipinski definition) is 1. The zero-order chi connectivity index (χ0) is 22.1. The molecule has 0 aliphatic carbocycles. The van der Waals surface area contributed by atoms with Gasteiger partial charge in [-0.05, 0) is 45.8 Å². The van der Waals surface area contributed by atoms with E-state index >= 15 is 0 Å². The third kappa shape index (κ3) is 6.95. The van der Waals surface area contributed by atoms with Crippen LogP contribution >= 0.6 is 39.3 Å². The molecular formula is C21H18BrClN4O3S. The van der Waals surface area contributed by atoms with Crippen molar-refractivity contribution in [3.8, 4) is 11.5 Å². The molecule has 0 aliphatic rings. The summed E-state index contributed by atoms with van der Waals surface area (Å²) in [6.07, 6.45) is 4.77. The molecular weight excluding hydrogens is 504 g/mol. The Balaban J connectivity index is 1.59. The summed E-state index contributed by atoms with van der Waals surface area (Å²) in [7, 11) is 1.55. The topological polar surface area (TPSA) is 85.7 Å². The summed E-state index contributed by atoms with van der Waals surface area (Å²) in [6.45, 7) is 0.293. The summed E-state index contributed by atoms with van der Waals surface area (Å²) >= 11 is 10.9. The number of carbonyl (C=O) groups is 1. The molecule has 0 bridgehead atoms. The number of carbonyl (C=O) groups excluding carboxylic acids is 1. The van der Waals surface area contributed by atoms with Gasteiger partial charge >= 0.3 is 0 Å². The Kier molecular flexibility index (Phi) is 8.69. The number of aromatic nitrogens is 2. The first kappa shape index (κ1) is 23.1. The van der Waals surface area contributed by atoms with E-state index in [1.807, 2.05) is 30.3 Å². The number of amides is 1. The monoisotopic (exact) mass is 520 g/mol. The molecule has 0 spiro atoms. The van der Waals surface area contributed by atoms with E-state index in [0.29, 0.717) is 38.3 Å². The van der Waals surface area contributed by atoms with E-state index in [1.165, 1.54) is 18.0 Å². The minimum Gasteiger partial charge on any atom is -0.493 e. The Morgan fingerprint density at radius 3 is 2.77 bits per heavy atom. The predicted molar refractivity (Wildman–Crippen MR) is 125 cm³/mol. The van der Waals surface area contributed by atoms with Crippen molar-refractivity contribution in [2.24, 2.45) is 5.10 Å². The summed E-state index contributed by atoms with van der Waals surface area (Å²) in [5.41, 5.74) is 4.06. The predicted octanol–water partition coefficient (Wildman–Crippen LogP) is 4.72. The number of hydrogen-bond acceptors (Lipinski definition) is 7. The molecule has 3 rings (SSSR count). The first-order valence-corrected chi connectivity index (χ1v) is 11.2. The second-order valence-corrected chi connectivity index (χ2v) is 8.23. The largest absolute Gasteiger partial charge is 0.493 e. The van der Waals surface area contributed by atoms with E-state index in [0.717, 1.165) is 5.56 Å². The number of methoxy groups -OCH3 is 1. The second kappa shape index (κ2) is 11.7. The van der Waals surface area contributed by atoms with Crippen molar-refractivity contribution in [1.82, 2.24) is 15.4 Å². The summed E-state index contributed by atoms with van der Waals surface area (Å²) in [5.74, 6) is 0.955. The summed E-state index contributed by atoms with van der Waals surface area (Å²) in [5, 5.41) is 5.16. The first-order valence-electron chi connectivity index (χ1n) is 9.02. The molecule has 160 valence electrons. The average molecular weight is 522 g/mol. The quantitative estimate of drug-likeness (QED) is 0.190. The van der Waals surface area contributed by atoms with Gasteiger partial charge in [-0.3, -0.25) is 4.79 Å². The standard InChI is InChI=1S/C21H18BrClN4O3S/c1-29-18-10-14(11-26-27-19(28)13-31-21-24-7-4-8-25-21)9-16(22)20(18)30-12-15-5-2-3-6-17(15)23/h2-11H,12-13H2,1H3,(H,27,28)/b26-11-. The highest BCUT2D eigenvalue weighted by Crippen LogP contribution is 2.37. The molecule has 1 aromatic heterocycles. The van der Waals surface area contributed by atoms with Gasteiger partial charge in [0.2, 0.25) is 0 Å². The minimum absolute atomic E-state index is 0.156. The molecule has 0 unspecified atom stereocenters. The number of nitrogens with zero attached hydrogens (tertiary/aromatic N) is 3. The lowest BCUT2D eigenvalue weighted by atomic mass is 10.2. The lowest BCUT2D eigenvalue weighted by Gasteiger charge is -2.14. The van der Waals surface area contributed by atoms with Crippen LogP contribution in [0.25, 0.3) is 0 Å². The zero-order valence-corrected chi connectivity index (χ0v) is 19.6. The Labute approximate surface area is 197 Å². The Morgan fingerprint density at radius 1 is 1.26 bits per heavy atom. The molecule has 1 heterocycles. The molecule has 31 heavy (non-hydrogen) atoms. The van der Waals surface area contributed by atoms with Crippen molar-refractivity contribution in [3.63, 3.8) is 0 Å². The number of thioether (sulfide) groups is 1. The van der Waals surface area contributed by atoms with Crippen LogP contribution in [0.1, 0.15) is 11.1 Å². The molecule has 3 aromatic rings. The van der Waals surface area contributed by atoms with Crippen LogP contribution in [0.4, 0.5) is 0 Å². The maximum atomic E-state index is 11.9.